The highest BCUT2D eigenvalue weighted by atomic mass is 16.6. The van der Waals surface area contributed by atoms with Gasteiger partial charge in [-0.05, 0) is 77.6 Å². The van der Waals surface area contributed by atoms with E-state index < -0.39 is 12.2 Å². The summed E-state index contributed by atoms with van der Waals surface area (Å²) in [6.45, 7) is 2.85. The zero-order valence-corrected chi connectivity index (χ0v) is 34.4. The molecule has 0 unspecified atom stereocenters. The molecule has 7 N–H and O–H groups in total. The number of aliphatic hydroxyl groups is 1. The minimum absolute atomic E-state index is 0.0763. The van der Waals surface area contributed by atoms with Gasteiger partial charge in [0.1, 0.15) is 17.6 Å². The van der Waals surface area contributed by atoms with E-state index >= 15 is 0 Å². The fraction of sp³-hybridized carbons (Fsp3) is 0.250. The summed E-state index contributed by atoms with van der Waals surface area (Å²) in [6, 6.07) is 35.9. The SMILES string of the molecule is COc1cc(CNC[C@@H](O)c2ccc(O)c3[nH]c(=O)ccc23)ccc1NC(=O)c1cccc(CNC(=O)CCN2CCC(OC(=O)Nc3ccccc3-c3ccccc3)CC2)c1. The van der Waals surface area contributed by atoms with E-state index in [9.17, 15) is 29.4 Å². The maximum absolute atomic E-state index is 13.3. The van der Waals surface area contributed by atoms with Gasteiger partial charge in [0.2, 0.25) is 11.5 Å². The number of likely N-dealkylation sites (tertiary alicyclic amines) is 1. The van der Waals surface area contributed by atoms with Gasteiger partial charge >= 0.3 is 6.09 Å². The van der Waals surface area contributed by atoms with Crippen LogP contribution in [-0.4, -0.2) is 77.4 Å². The molecule has 6 aromatic rings. The number of phenolic OH excluding ortho intramolecular Hbond substituents is 1. The van der Waals surface area contributed by atoms with Crippen molar-refractivity contribution < 1.29 is 34.1 Å². The van der Waals surface area contributed by atoms with E-state index in [1.54, 1.807) is 42.5 Å². The van der Waals surface area contributed by atoms with Crippen LogP contribution in [0.25, 0.3) is 22.0 Å². The third kappa shape index (κ3) is 11.2. The van der Waals surface area contributed by atoms with Gasteiger partial charge < -0.3 is 45.5 Å². The second kappa shape index (κ2) is 20.5. The summed E-state index contributed by atoms with van der Waals surface area (Å²) in [7, 11) is 1.52. The molecule has 0 saturated carbocycles. The molecular formula is C48H50N6O8. The average molecular weight is 839 g/mol. The van der Waals surface area contributed by atoms with Crippen LogP contribution in [0.4, 0.5) is 16.2 Å². The highest BCUT2D eigenvalue weighted by Gasteiger charge is 2.23. The Labute approximate surface area is 358 Å². The number of phenols is 1. The molecule has 14 nitrogen and oxygen atoms in total. The molecule has 0 aliphatic carbocycles. The molecular weight excluding hydrogens is 789 g/mol. The molecule has 1 aliphatic rings. The molecule has 320 valence electrons. The fourth-order valence-electron chi connectivity index (χ4n) is 7.53. The number of amides is 3. The summed E-state index contributed by atoms with van der Waals surface area (Å²) < 4.78 is 11.3. The van der Waals surface area contributed by atoms with Crippen molar-refractivity contribution in [3.05, 3.63) is 154 Å². The largest absolute Gasteiger partial charge is 0.506 e. The summed E-state index contributed by atoms with van der Waals surface area (Å²) in [6.07, 6.45) is 0.0607. The Morgan fingerprint density at radius 2 is 1.60 bits per heavy atom. The lowest BCUT2D eigenvalue weighted by molar-refractivity contribution is -0.121. The molecule has 1 aliphatic heterocycles. The Balaban J connectivity index is 0.822. The number of carbonyl (C=O) groups is 3. The van der Waals surface area contributed by atoms with Gasteiger partial charge in [-0.15, -0.1) is 0 Å². The summed E-state index contributed by atoms with van der Waals surface area (Å²) in [4.78, 5) is 55.5. The van der Waals surface area contributed by atoms with Gasteiger partial charge in [-0.3, -0.25) is 19.7 Å². The van der Waals surface area contributed by atoms with Crippen LogP contribution in [0.3, 0.4) is 0 Å². The van der Waals surface area contributed by atoms with E-state index in [1.165, 1.54) is 19.2 Å². The zero-order valence-electron chi connectivity index (χ0n) is 34.4. The number of carbonyl (C=O) groups excluding carboxylic acids is 3. The number of para-hydroxylation sites is 1. The number of H-pyrrole nitrogens is 1. The second-order valence-corrected chi connectivity index (χ2v) is 15.1. The predicted octanol–water partition coefficient (Wildman–Crippen LogP) is 6.70. The molecule has 1 fully saturated rings. The molecule has 0 spiro atoms. The summed E-state index contributed by atoms with van der Waals surface area (Å²) in [5.74, 6) is -0.0598. The Morgan fingerprint density at radius 3 is 2.40 bits per heavy atom. The number of aromatic hydroxyl groups is 1. The van der Waals surface area contributed by atoms with Crippen molar-refractivity contribution in [2.24, 2.45) is 0 Å². The van der Waals surface area contributed by atoms with Crippen LogP contribution in [0.15, 0.2) is 126 Å². The number of ether oxygens (including phenoxy) is 2. The van der Waals surface area contributed by atoms with Crippen molar-refractivity contribution in [2.45, 2.75) is 44.6 Å². The third-order valence-corrected chi connectivity index (χ3v) is 10.8. The lowest BCUT2D eigenvalue weighted by Gasteiger charge is -2.31. The molecule has 62 heavy (non-hydrogen) atoms. The molecule has 1 saturated heterocycles. The number of hydrogen-bond donors (Lipinski definition) is 7. The molecule has 0 radical (unpaired) electrons. The van der Waals surface area contributed by atoms with Crippen LogP contribution in [0.5, 0.6) is 11.5 Å². The minimum Gasteiger partial charge on any atom is -0.506 e. The van der Waals surface area contributed by atoms with Crippen molar-refractivity contribution in [3.63, 3.8) is 0 Å². The highest BCUT2D eigenvalue weighted by molar-refractivity contribution is 6.05. The highest BCUT2D eigenvalue weighted by Crippen LogP contribution is 2.30. The van der Waals surface area contributed by atoms with E-state index in [1.807, 2.05) is 66.7 Å². The Kier molecular flexibility index (Phi) is 14.3. The Morgan fingerprint density at radius 1 is 0.823 bits per heavy atom. The molecule has 7 rings (SSSR count). The first-order chi connectivity index (χ1) is 30.1. The fourth-order valence-corrected chi connectivity index (χ4v) is 7.53. The summed E-state index contributed by atoms with van der Waals surface area (Å²) >= 11 is 0. The van der Waals surface area contributed by atoms with Crippen LogP contribution >= 0.6 is 0 Å². The van der Waals surface area contributed by atoms with E-state index in [-0.39, 0.29) is 47.8 Å². The molecule has 14 heteroatoms. The van der Waals surface area contributed by atoms with E-state index in [0.717, 1.165) is 22.3 Å². The monoisotopic (exact) mass is 838 g/mol. The van der Waals surface area contributed by atoms with Crippen LogP contribution in [0.1, 0.15) is 52.4 Å². The lowest BCUT2D eigenvalue weighted by Crippen LogP contribution is -2.40. The summed E-state index contributed by atoms with van der Waals surface area (Å²) in [5.41, 5.74) is 5.62. The van der Waals surface area contributed by atoms with E-state index in [4.69, 9.17) is 9.47 Å². The van der Waals surface area contributed by atoms with E-state index in [2.05, 4.69) is 31.2 Å². The number of anilines is 2. The number of pyridine rings is 1. The first kappa shape index (κ1) is 43.1. The maximum Gasteiger partial charge on any atom is 0.411 e. The Hall–Kier alpha value is -7.00. The number of aliphatic hydroxyl groups excluding tert-OH is 1. The Bertz CT molecular complexity index is 2570. The van der Waals surface area contributed by atoms with Crippen LogP contribution in [0.2, 0.25) is 0 Å². The quantitative estimate of drug-likeness (QED) is 0.0551. The van der Waals surface area contributed by atoms with Crippen molar-refractivity contribution in [3.8, 4) is 22.6 Å². The van der Waals surface area contributed by atoms with Gasteiger partial charge in [0, 0.05) is 68.3 Å². The second-order valence-electron chi connectivity index (χ2n) is 15.1. The minimum atomic E-state index is -0.914. The number of nitrogens with zero attached hydrogens (tertiary/aromatic N) is 1. The third-order valence-electron chi connectivity index (χ3n) is 10.8. The van der Waals surface area contributed by atoms with Crippen molar-refractivity contribution in [2.75, 3.05) is 43.9 Å². The van der Waals surface area contributed by atoms with Gasteiger partial charge in [0.15, 0.2) is 0 Å². The van der Waals surface area contributed by atoms with Crippen molar-refractivity contribution in [1.29, 1.82) is 0 Å². The lowest BCUT2D eigenvalue weighted by atomic mass is 10.0. The average Bonchev–Trinajstić information content (AvgIpc) is 3.29. The van der Waals surface area contributed by atoms with Gasteiger partial charge in [-0.2, -0.15) is 0 Å². The molecule has 1 atom stereocenters. The van der Waals surface area contributed by atoms with Crippen molar-refractivity contribution >= 4 is 40.2 Å². The van der Waals surface area contributed by atoms with Crippen LogP contribution in [0, 0.1) is 0 Å². The zero-order chi connectivity index (χ0) is 43.4. The number of rotatable bonds is 16. The van der Waals surface area contributed by atoms with Crippen LogP contribution in [-0.2, 0) is 22.6 Å². The number of benzene rings is 5. The number of methoxy groups -OCH3 is 1. The number of fused-ring (bicyclic) bond motifs is 1. The number of nitrogens with one attached hydrogen (secondary N) is 5. The van der Waals surface area contributed by atoms with Crippen molar-refractivity contribution in [1.82, 2.24) is 20.5 Å². The first-order valence-corrected chi connectivity index (χ1v) is 20.6. The van der Waals surface area contributed by atoms with Gasteiger partial charge in [0.25, 0.3) is 5.91 Å². The topological polar surface area (TPSA) is 194 Å². The first-order valence-electron chi connectivity index (χ1n) is 20.6. The molecule has 2 heterocycles. The van der Waals surface area contributed by atoms with Crippen LogP contribution < -0.4 is 31.6 Å². The predicted molar refractivity (Wildman–Crippen MR) is 238 cm³/mol. The van der Waals surface area contributed by atoms with Gasteiger partial charge in [-0.1, -0.05) is 72.8 Å². The maximum atomic E-state index is 13.3. The normalized spacial score (nSPS) is 13.6. The number of hydrogen-bond acceptors (Lipinski definition) is 10. The molecule has 0 bridgehead atoms. The van der Waals surface area contributed by atoms with E-state index in [0.29, 0.717) is 79.1 Å². The smallest absolute Gasteiger partial charge is 0.411 e. The molecule has 3 amide bonds. The molecule has 1 aromatic heterocycles. The summed E-state index contributed by atoms with van der Waals surface area (Å²) in [5, 5.41) is 33.6. The number of piperidine rings is 1. The number of aromatic nitrogens is 1. The molecule has 5 aromatic carbocycles. The van der Waals surface area contributed by atoms with Gasteiger partial charge in [-0.25, -0.2) is 4.79 Å². The van der Waals surface area contributed by atoms with Gasteiger partial charge in [0.05, 0.1) is 30.1 Å². The standard InChI is InChI=1S/C48H50N6O8/c1-61-43-27-32(28-49-30-42(56)37-15-18-41(55)46-38(37)16-19-45(58)53-46)14-17-40(43)51-47(59)34-11-7-8-31(26-34)29-50-44(57)22-25-54-23-20-35(21-24-54)62-48(60)52-39-13-6-5-12-36(39)33-9-3-2-4-10-33/h2-19,26-27,35,42,49,55-56H,20-25,28-30H2,1H3,(H,50,57)(H,51,59)(H,52,60)(H,53,58)/t42-/m1/s1. The number of aromatic amines is 1.